The maximum Gasteiger partial charge on any atom is 0.262 e. The number of nitrogens with zero attached hydrogens (tertiary/aromatic N) is 2. The number of rotatable bonds is 4. The lowest BCUT2D eigenvalue weighted by Gasteiger charge is -2.12. The lowest BCUT2D eigenvalue weighted by Crippen LogP contribution is -2.27. The molecule has 0 saturated heterocycles. The van der Waals surface area contributed by atoms with Crippen LogP contribution in [0.15, 0.2) is 11.1 Å². The average molecular weight is 265 g/mol. The van der Waals surface area contributed by atoms with Gasteiger partial charge in [0.25, 0.3) is 5.56 Å². The molecule has 2 aromatic rings. The molecule has 0 fully saturated rings. The minimum Gasteiger partial charge on any atom is -0.319 e. The zero-order valence-electron chi connectivity index (χ0n) is 11.3. The molecule has 98 valence electrons. The molecule has 0 bridgehead atoms. The van der Waals surface area contributed by atoms with Crippen molar-refractivity contribution in [3.63, 3.8) is 0 Å². The highest BCUT2D eigenvalue weighted by Gasteiger charge is 2.13. The first kappa shape index (κ1) is 13.2. The van der Waals surface area contributed by atoms with Gasteiger partial charge in [-0.2, -0.15) is 0 Å². The zero-order valence-corrected chi connectivity index (χ0v) is 12.1. The zero-order chi connectivity index (χ0) is 13.3. The predicted molar refractivity (Wildman–Crippen MR) is 76.4 cm³/mol. The highest BCUT2D eigenvalue weighted by Crippen LogP contribution is 2.25. The number of hydrogen-bond donors (Lipinski definition) is 1. The van der Waals surface area contributed by atoms with Gasteiger partial charge in [0, 0.05) is 11.4 Å². The Morgan fingerprint density at radius 3 is 2.89 bits per heavy atom. The van der Waals surface area contributed by atoms with Crippen molar-refractivity contribution < 1.29 is 0 Å². The van der Waals surface area contributed by atoms with Gasteiger partial charge in [-0.15, -0.1) is 11.3 Å². The summed E-state index contributed by atoms with van der Waals surface area (Å²) >= 11 is 1.59. The third-order valence-electron chi connectivity index (χ3n) is 3.22. The molecule has 2 rings (SSSR count). The fraction of sp³-hybridized carbons (Fsp3) is 0.538. The highest BCUT2D eigenvalue weighted by molar-refractivity contribution is 7.18. The topological polar surface area (TPSA) is 46.9 Å². The van der Waals surface area contributed by atoms with Crippen molar-refractivity contribution >= 4 is 21.6 Å². The van der Waals surface area contributed by atoms with E-state index in [-0.39, 0.29) is 5.56 Å². The summed E-state index contributed by atoms with van der Waals surface area (Å²) in [6.45, 7) is 7.76. The van der Waals surface area contributed by atoms with Crippen molar-refractivity contribution in [2.75, 3.05) is 13.6 Å². The summed E-state index contributed by atoms with van der Waals surface area (Å²) in [6, 6.07) is 0. The maximum absolute atomic E-state index is 12.4. The molecule has 0 amide bonds. The lowest BCUT2D eigenvalue weighted by atomic mass is 10.1. The number of thiophene rings is 1. The Morgan fingerprint density at radius 2 is 2.22 bits per heavy atom. The van der Waals surface area contributed by atoms with Crippen LogP contribution in [0.2, 0.25) is 0 Å². The molecule has 0 aromatic carbocycles. The van der Waals surface area contributed by atoms with Crippen LogP contribution in [0.3, 0.4) is 0 Å². The Bertz CT molecular complexity index is 614. The lowest BCUT2D eigenvalue weighted by molar-refractivity contribution is 0.453. The van der Waals surface area contributed by atoms with Gasteiger partial charge in [-0.05, 0) is 38.9 Å². The van der Waals surface area contributed by atoms with Gasteiger partial charge in [0.05, 0.1) is 11.7 Å². The van der Waals surface area contributed by atoms with Gasteiger partial charge in [-0.1, -0.05) is 6.92 Å². The van der Waals surface area contributed by atoms with Gasteiger partial charge in [0.2, 0.25) is 0 Å². The summed E-state index contributed by atoms with van der Waals surface area (Å²) in [4.78, 5) is 18.8. The van der Waals surface area contributed by atoms with Gasteiger partial charge in [-0.3, -0.25) is 9.36 Å². The molecule has 0 aliphatic rings. The van der Waals surface area contributed by atoms with Gasteiger partial charge in [0.1, 0.15) is 4.83 Å². The first-order valence-corrected chi connectivity index (χ1v) is 6.96. The smallest absolute Gasteiger partial charge is 0.262 e. The molecule has 0 aliphatic heterocycles. The maximum atomic E-state index is 12.4. The Morgan fingerprint density at radius 1 is 1.50 bits per heavy atom. The molecule has 0 radical (unpaired) electrons. The second-order valence-corrected chi connectivity index (χ2v) is 6.03. The second kappa shape index (κ2) is 5.20. The van der Waals surface area contributed by atoms with Crippen LogP contribution in [0, 0.1) is 19.8 Å². The Labute approximate surface area is 111 Å². The number of aryl methyl sites for hydroxylation is 2. The monoisotopic (exact) mass is 265 g/mol. The Balaban J connectivity index is 2.45. The van der Waals surface area contributed by atoms with Crippen molar-refractivity contribution in [3.05, 3.63) is 27.1 Å². The van der Waals surface area contributed by atoms with E-state index in [1.165, 1.54) is 4.88 Å². The van der Waals surface area contributed by atoms with Crippen LogP contribution in [0.5, 0.6) is 0 Å². The molecular formula is C13H19N3OS. The second-order valence-electron chi connectivity index (χ2n) is 4.83. The summed E-state index contributed by atoms with van der Waals surface area (Å²) in [5.74, 6) is 0.409. The van der Waals surface area contributed by atoms with E-state index >= 15 is 0 Å². The van der Waals surface area contributed by atoms with Crippen LogP contribution >= 0.6 is 11.3 Å². The van der Waals surface area contributed by atoms with Crippen molar-refractivity contribution in [1.82, 2.24) is 14.9 Å². The quantitative estimate of drug-likeness (QED) is 0.919. The van der Waals surface area contributed by atoms with Crippen molar-refractivity contribution in [3.8, 4) is 0 Å². The summed E-state index contributed by atoms with van der Waals surface area (Å²) < 4.78 is 1.73. The first-order valence-electron chi connectivity index (χ1n) is 6.14. The molecule has 1 atom stereocenters. The fourth-order valence-electron chi connectivity index (χ4n) is 2.15. The summed E-state index contributed by atoms with van der Waals surface area (Å²) in [6.07, 6.45) is 1.67. The number of aromatic nitrogens is 2. The van der Waals surface area contributed by atoms with Gasteiger partial charge >= 0.3 is 0 Å². The normalized spacial score (nSPS) is 13.1. The molecule has 0 aliphatic carbocycles. The third-order valence-corrected chi connectivity index (χ3v) is 4.33. The molecule has 1 unspecified atom stereocenters. The molecule has 2 heterocycles. The van der Waals surface area contributed by atoms with Crippen LogP contribution in [-0.4, -0.2) is 23.1 Å². The molecule has 4 nitrogen and oxygen atoms in total. The SMILES string of the molecule is CNCC(C)Cn1cnc2sc(C)c(C)c2c1=O. The minimum absolute atomic E-state index is 0.0878. The molecule has 5 heteroatoms. The van der Waals surface area contributed by atoms with E-state index in [0.717, 1.165) is 22.3 Å². The van der Waals surface area contributed by atoms with E-state index in [2.05, 4.69) is 17.2 Å². The molecule has 0 saturated carbocycles. The largest absolute Gasteiger partial charge is 0.319 e. The molecule has 2 aromatic heterocycles. The minimum atomic E-state index is 0.0878. The highest BCUT2D eigenvalue weighted by atomic mass is 32.1. The van der Waals surface area contributed by atoms with E-state index in [1.807, 2.05) is 20.9 Å². The first-order chi connectivity index (χ1) is 8.54. The van der Waals surface area contributed by atoms with Gasteiger partial charge in [-0.25, -0.2) is 4.98 Å². The molecular weight excluding hydrogens is 246 g/mol. The van der Waals surface area contributed by atoms with E-state index in [9.17, 15) is 4.79 Å². The van der Waals surface area contributed by atoms with E-state index in [0.29, 0.717) is 12.5 Å². The number of hydrogen-bond acceptors (Lipinski definition) is 4. The van der Waals surface area contributed by atoms with Crippen molar-refractivity contribution in [1.29, 1.82) is 0 Å². The van der Waals surface area contributed by atoms with Crippen LogP contribution in [-0.2, 0) is 6.54 Å². The fourth-order valence-corrected chi connectivity index (χ4v) is 3.14. The predicted octanol–water partition coefficient (Wildman–Crippen LogP) is 1.93. The number of fused-ring (bicyclic) bond motifs is 1. The molecule has 1 N–H and O–H groups in total. The Kier molecular flexibility index (Phi) is 3.82. The Hall–Kier alpha value is -1.20. The van der Waals surface area contributed by atoms with Crippen LogP contribution < -0.4 is 10.9 Å². The summed E-state index contributed by atoms with van der Waals surface area (Å²) in [7, 11) is 1.92. The summed E-state index contributed by atoms with van der Waals surface area (Å²) in [5, 5.41) is 3.91. The van der Waals surface area contributed by atoms with Crippen molar-refractivity contribution in [2.24, 2.45) is 5.92 Å². The van der Waals surface area contributed by atoms with Crippen LogP contribution in [0.25, 0.3) is 10.2 Å². The average Bonchev–Trinajstić information content (AvgIpc) is 2.60. The van der Waals surface area contributed by atoms with E-state index < -0.39 is 0 Å². The van der Waals surface area contributed by atoms with Gasteiger partial charge < -0.3 is 5.32 Å². The van der Waals surface area contributed by atoms with Crippen LogP contribution in [0.1, 0.15) is 17.4 Å². The van der Waals surface area contributed by atoms with Crippen LogP contribution in [0.4, 0.5) is 0 Å². The van der Waals surface area contributed by atoms with Gasteiger partial charge in [0.15, 0.2) is 0 Å². The third kappa shape index (κ3) is 2.33. The summed E-state index contributed by atoms with van der Waals surface area (Å²) in [5.41, 5.74) is 1.16. The molecule has 18 heavy (non-hydrogen) atoms. The number of nitrogens with one attached hydrogen (secondary N) is 1. The van der Waals surface area contributed by atoms with E-state index in [4.69, 9.17) is 0 Å². The van der Waals surface area contributed by atoms with Crippen molar-refractivity contribution in [2.45, 2.75) is 27.3 Å². The van der Waals surface area contributed by atoms with E-state index in [1.54, 1.807) is 22.2 Å². The standard InChI is InChI=1S/C13H19N3OS/c1-8(5-14-4)6-16-7-15-12-11(13(16)17)9(2)10(3)18-12/h7-8,14H,5-6H2,1-4H3. The molecule has 0 spiro atoms.